The molecule has 0 spiro atoms. The zero-order valence-corrected chi connectivity index (χ0v) is 35.5. The Morgan fingerprint density at radius 1 is 0.639 bits per heavy atom. The van der Waals surface area contributed by atoms with Crippen molar-refractivity contribution in [3.8, 4) is 0 Å². The number of hydrogen-bond acceptors (Lipinski definition) is 17. The molecule has 6 bridgehead atoms. The summed E-state index contributed by atoms with van der Waals surface area (Å²) in [5.74, 6) is 5.24. The number of rotatable bonds is 6. The molecule has 0 saturated heterocycles. The third kappa shape index (κ3) is 5.58. The molecule has 19 heteroatoms. The van der Waals surface area contributed by atoms with Gasteiger partial charge in [-0.05, 0) is 35.5 Å². The van der Waals surface area contributed by atoms with Gasteiger partial charge in [0.05, 0.1) is 6.54 Å². The van der Waals surface area contributed by atoms with Crippen LogP contribution >= 0.6 is 0 Å². The van der Waals surface area contributed by atoms with Crippen molar-refractivity contribution in [2.24, 2.45) is 65.5 Å². The van der Waals surface area contributed by atoms with Crippen LogP contribution in [-0.4, -0.2) is 103 Å². The summed E-state index contributed by atoms with van der Waals surface area (Å²) in [6.45, 7) is 10.8. The third-order valence-electron chi connectivity index (χ3n) is 14.0. The van der Waals surface area contributed by atoms with Crippen LogP contribution in [0.2, 0.25) is 0 Å². The zero-order valence-electron chi connectivity index (χ0n) is 34.5. The lowest BCUT2D eigenvalue weighted by molar-refractivity contribution is 0.0262. The molecule has 0 amide bonds. The van der Waals surface area contributed by atoms with Crippen molar-refractivity contribution in [3.05, 3.63) is 71.4 Å². The summed E-state index contributed by atoms with van der Waals surface area (Å²) in [4.78, 5) is 60.9. The predicted octanol–water partition coefficient (Wildman–Crippen LogP) is 5.02. The van der Waals surface area contributed by atoms with Crippen molar-refractivity contribution in [2.45, 2.75) is 72.4 Å². The van der Waals surface area contributed by atoms with E-state index in [0.717, 1.165) is 25.7 Å². The lowest BCUT2D eigenvalue weighted by Crippen LogP contribution is -2.68. The average molecular weight is 835 g/mol. The molecule has 2 N–H and O–H groups in total. The summed E-state index contributed by atoms with van der Waals surface area (Å²) in [6.07, 6.45) is 18.0. The lowest BCUT2D eigenvalue weighted by Gasteiger charge is -2.45. The van der Waals surface area contributed by atoms with Gasteiger partial charge in [-0.2, -0.15) is 0 Å². The summed E-state index contributed by atoms with van der Waals surface area (Å²) < 4.78 is 20.1. The van der Waals surface area contributed by atoms with Crippen LogP contribution in [0, 0.1) is 35.5 Å². The van der Waals surface area contributed by atoms with Gasteiger partial charge >= 0.3 is 8.88 Å². The molecule has 18 nitrogen and oxygen atoms in total. The van der Waals surface area contributed by atoms with E-state index in [9.17, 15) is 0 Å². The van der Waals surface area contributed by atoms with Crippen LogP contribution in [0.5, 0.6) is 0 Å². The van der Waals surface area contributed by atoms with E-state index in [1.807, 2.05) is 6.21 Å². The minimum absolute atomic E-state index is 0.252. The number of amidine groups is 5. The Labute approximate surface area is 353 Å². The maximum absolute atomic E-state index is 7.93. The number of fused-ring (bicyclic) bond motifs is 13. The standard InChI is InChI=1S/C42H46N16O2Si/c1-21-7-5-8-22(2)25(21)19-59-61(60-20-26-23(3)9-6-10-24(26)4)57-39-31-32(48-16-15-47-31)41(57)55-37-29-30(46-14-13-45-29)38(52-37)56-42-34-33(49-17-18-50-34)40(58(42)61)54-36-28-27(35(51-36)53-39)43-11-12-44-28/h11-13,15-18,21-26,39,46H,5-10,14,19-20H2,1-4H3,(H,51,53,54). The molecule has 4 aromatic heterocycles. The minimum atomic E-state index is -4.33. The van der Waals surface area contributed by atoms with Gasteiger partial charge in [-0.25, -0.2) is 49.9 Å². The summed E-state index contributed by atoms with van der Waals surface area (Å²) >= 11 is 0. The molecule has 2 aliphatic carbocycles. The predicted molar refractivity (Wildman–Crippen MR) is 231 cm³/mol. The van der Waals surface area contributed by atoms with Crippen molar-refractivity contribution < 1.29 is 8.85 Å². The molecule has 8 aliphatic rings. The molecule has 310 valence electrons. The Morgan fingerprint density at radius 2 is 1.23 bits per heavy atom. The van der Waals surface area contributed by atoms with Crippen molar-refractivity contribution in [3.63, 3.8) is 0 Å². The fraction of sp³-hybridized carbons (Fsp3) is 0.476. The van der Waals surface area contributed by atoms with Gasteiger partial charge in [-0.3, -0.25) is 18.8 Å². The van der Waals surface area contributed by atoms with Crippen molar-refractivity contribution in [2.75, 3.05) is 19.8 Å². The van der Waals surface area contributed by atoms with E-state index < -0.39 is 15.0 Å². The third-order valence-corrected chi connectivity index (χ3v) is 17.2. The number of hydrogen-bond donors (Lipinski definition) is 2. The maximum Gasteiger partial charge on any atom is 0.599 e. The average Bonchev–Trinajstić information content (AvgIpc) is 3.99. The van der Waals surface area contributed by atoms with Crippen LogP contribution in [0.25, 0.3) is 11.0 Å². The first-order chi connectivity index (χ1) is 29.9. The first-order valence-electron chi connectivity index (χ1n) is 21.7. The normalized spacial score (nSPS) is 30.6. The first-order valence-corrected chi connectivity index (χ1v) is 23.4. The smallest absolute Gasteiger partial charge is 0.375 e. The van der Waals surface area contributed by atoms with Crippen molar-refractivity contribution in [1.29, 1.82) is 0 Å². The summed E-state index contributed by atoms with van der Waals surface area (Å²) in [7, 11) is -4.33. The molecular weight excluding hydrogens is 789 g/mol. The highest BCUT2D eigenvalue weighted by atomic mass is 28.4. The molecule has 12 rings (SSSR count). The Kier molecular flexibility index (Phi) is 8.51. The minimum Gasteiger partial charge on any atom is -0.375 e. The van der Waals surface area contributed by atoms with E-state index in [1.54, 1.807) is 37.2 Å². The second-order valence-electron chi connectivity index (χ2n) is 17.6. The van der Waals surface area contributed by atoms with Gasteiger partial charge in [0, 0.05) is 56.6 Å². The van der Waals surface area contributed by atoms with Crippen molar-refractivity contribution in [1.82, 2.24) is 49.3 Å². The molecule has 10 heterocycles. The van der Waals surface area contributed by atoms with E-state index in [0.29, 0.717) is 129 Å². The Hall–Kier alpha value is -5.92. The van der Waals surface area contributed by atoms with Crippen LogP contribution in [0.4, 0.5) is 11.6 Å². The van der Waals surface area contributed by atoms with Crippen LogP contribution in [0.3, 0.4) is 0 Å². The monoisotopic (exact) mass is 834 g/mol. The topological polar surface area (TPSA) is 202 Å². The first kappa shape index (κ1) is 36.9. The van der Waals surface area contributed by atoms with Gasteiger partial charge in [0.15, 0.2) is 40.8 Å². The fourth-order valence-corrected chi connectivity index (χ4v) is 14.1. The molecule has 5 atom stereocenters. The van der Waals surface area contributed by atoms with E-state index in [4.69, 9.17) is 68.7 Å². The van der Waals surface area contributed by atoms with Crippen LogP contribution in [0.15, 0.2) is 78.5 Å². The SMILES string of the molecule is CC1CCCC(C)C1CO[Si]1(OCC2C(C)CCCC2C)N2C3=NC4=NC(=Nc5c6nccnc6c(n51)N=C1N=C(NC2c2nccnc23)c2nccnc21)C1=C4N=CCN1. The van der Waals surface area contributed by atoms with Crippen LogP contribution < -0.4 is 10.6 Å². The Balaban J connectivity index is 1.22. The van der Waals surface area contributed by atoms with Gasteiger partial charge in [0.1, 0.15) is 51.4 Å². The highest BCUT2D eigenvalue weighted by molar-refractivity contribution is 6.68. The summed E-state index contributed by atoms with van der Waals surface area (Å²) in [5.41, 5.74) is 4.53. The zero-order chi connectivity index (χ0) is 41.0. The summed E-state index contributed by atoms with van der Waals surface area (Å²) in [6, 6.07) is 0. The summed E-state index contributed by atoms with van der Waals surface area (Å²) in [5, 5.41) is 7.26. The highest BCUT2D eigenvalue weighted by Gasteiger charge is 2.63. The molecule has 2 fully saturated rings. The fourth-order valence-electron chi connectivity index (χ4n) is 10.7. The van der Waals surface area contributed by atoms with E-state index >= 15 is 0 Å². The van der Waals surface area contributed by atoms with E-state index in [-0.39, 0.29) is 11.8 Å². The Morgan fingerprint density at radius 3 is 1.90 bits per heavy atom. The molecule has 4 aromatic rings. The molecule has 61 heavy (non-hydrogen) atoms. The number of nitrogens with zero attached hydrogens (tertiary/aromatic N) is 14. The van der Waals surface area contributed by atoms with Gasteiger partial charge in [0.2, 0.25) is 0 Å². The second-order valence-corrected chi connectivity index (χ2v) is 20.2. The van der Waals surface area contributed by atoms with Gasteiger partial charge < -0.3 is 19.5 Å². The van der Waals surface area contributed by atoms with Gasteiger partial charge in [-0.15, -0.1) is 0 Å². The molecule has 2 saturated carbocycles. The molecule has 0 aromatic carbocycles. The highest BCUT2D eigenvalue weighted by Crippen LogP contribution is 2.48. The van der Waals surface area contributed by atoms with Gasteiger partial charge in [0.25, 0.3) is 0 Å². The number of aliphatic imine (C=N–C) groups is 6. The molecular formula is C42H46N16O2Si. The van der Waals surface area contributed by atoms with Crippen molar-refractivity contribution >= 4 is 66.9 Å². The number of nitrogens with one attached hydrogen (secondary N) is 2. The number of aromatic nitrogens is 7. The quantitative estimate of drug-likeness (QED) is 0.247. The Bertz CT molecular complexity index is 2690. The lowest BCUT2D eigenvalue weighted by atomic mass is 9.74. The molecule has 0 radical (unpaired) electrons. The van der Waals surface area contributed by atoms with E-state index in [1.165, 1.54) is 12.8 Å². The van der Waals surface area contributed by atoms with Gasteiger partial charge in [-0.1, -0.05) is 66.2 Å². The van der Waals surface area contributed by atoms with Crippen LogP contribution in [0.1, 0.15) is 95.2 Å². The second kappa shape index (κ2) is 14.1. The molecule has 6 aliphatic heterocycles. The molecule has 5 unspecified atom stereocenters. The largest absolute Gasteiger partial charge is 0.599 e. The van der Waals surface area contributed by atoms with E-state index in [2.05, 4.69) is 47.1 Å². The van der Waals surface area contributed by atoms with Crippen LogP contribution in [-0.2, 0) is 8.85 Å². The maximum atomic E-state index is 7.93.